The monoisotopic (exact) mass is 308 g/mol. The third-order valence-corrected chi connectivity index (χ3v) is 2.18. The molecule has 5 nitrogen and oxygen atoms in total. The minimum atomic E-state index is 0. The maximum absolute atomic E-state index is 5.68. The van der Waals surface area contributed by atoms with Crippen molar-refractivity contribution in [1.82, 2.24) is 0 Å². The molecule has 0 saturated heterocycles. The topological polar surface area (TPSA) is 85.7 Å². The Bertz CT molecular complexity index is 399. The standard InChI is InChI=1S/C12H20N4O.2ClH/c1-3-15-12(14)16-10-5-6-11(17-4-2)9(7-10)8-13;;/h5-7H,3-4,8,13H2,1-2H3,(H3,14,15,16);2*1H. The Morgan fingerprint density at radius 1 is 1.32 bits per heavy atom. The van der Waals surface area contributed by atoms with E-state index in [1.54, 1.807) is 0 Å². The zero-order valence-electron chi connectivity index (χ0n) is 11.2. The first-order valence-corrected chi connectivity index (χ1v) is 5.74. The van der Waals surface area contributed by atoms with E-state index < -0.39 is 0 Å². The van der Waals surface area contributed by atoms with Crippen molar-refractivity contribution in [2.24, 2.45) is 16.5 Å². The second-order valence-electron chi connectivity index (χ2n) is 3.44. The number of aliphatic imine (C=N–C) groups is 1. The summed E-state index contributed by atoms with van der Waals surface area (Å²) >= 11 is 0. The van der Waals surface area contributed by atoms with E-state index in [1.165, 1.54) is 0 Å². The van der Waals surface area contributed by atoms with E-state index >= 15 is 0 Å². The summed E-state index contributed by atoms with van der Waals surface area (Å²) in [4.78, 5) is 4.05. The van der Waals surface area contributed by atoms with Crippen LogP contribution in [0, 0.1) is 0 Å². The molecule has 0 aliphatic rings. The number of guanidine groups is 1. The Morgan fingerprint density at radius 2 is 2.00 bits per heavy atom. The lowest BCUT2D eigenvalue weighted by Gasteiger charge is -2.11. The number of nitrogens with two attached hydrogens (primary N) is 2. The van der Waals surface area contributed by atoms with E-state index in [1.807, 2.05) is 32.0 Å². The Balaban J connectivity index is 0. The molecule has 0 radical (unpaired) electrons. The molecule has 0 fully saturated rings. The van der Waals surface area contributed by atoms with E-state index in [4.69, 9.17) is 16.2 Å². The summed E-state index contributed by atoms with van der Waals surface area (Å²) in [5.41, 5.74) is 13.2. The highest BCUT2D eigenvalue weighted by molar-refractivity contribution is 5.92. The second kappa shape index (κ2) is 10.7. The van der Waals surface area contributed by atoms with Crippen molar-refractivity contribution in [2.45, 2.75) is 20.4 Å². The van der Waals surface area contributed by atoms with E-state index in [2.05, 4.69) is 10.3 Å². The van der Waals surface area contributed by atoms with Crippen LogP contribution in [0.2, 0.25) is 0 Å². The number of nitrogens with one attached hydrogen (secondary N) is 1. The zero-order chi connectivity index (χ0) is 12.7. The number of hydrogen-bond donors (Lipinski definition) is 3. The van der Waals surface area contributed by atoms with Gasteiger partial charge in [0, 0.05) is 24.3 Å². The minimum Gasteiger partial charge on any atom is -0.494 e. The Kier molecular flexibility index (Phi) is 11.4. The van der Waals surface area contributed by atoms with Gasteiger partial charge in [-0.15, -0.1) is 24.8 Å². The van der Waals surface area contributed by atoms with E-state index in [-0.39, 0.29) is 24.8 Å². The fourth-order valence-corrected chi connectivity index (χ4v) is 1.47. The van der Waals surface area contributed by atoms with Gasteiger partial charge in [-0.3, -0.25) is 4.99 Å². The molecule has 0 saturated carbocycles. The third-order valence-electron chi connectivity index (χ3n) is 2.18. The average molecular weight is 309 g/mol. The number of halogens is 2. The van der Waals surface area contributed by atoms with Gasteiger partial charge >= 0.3 is 0 Å². The summed E-state index contributed by atoms with van der Waals surface area (Å²) in [5.74, 6) is 1.21. The number of rotatable bonds is 5. The van der Waals surface area contributed by atoms with Gasteiger partial charge in [0.25, 0.3) is 0 Å². The number of ether oxygens (including phenoxy) is 1. The first-order valence-electron chi connectivity index (χ1n) is 5.74. The fourth-order valence-electron chi connectivity index (χ4n) is 1.47. The van der Waals surface area contributed by atoms with Gasteiger partial charge in [0.2, 0.25) is 0 Å². The zero-order valence-corrected chi connectivity index (χ0v) is 12.8. The van der Waals surface area contributed by atoms with E-state index in [9.17, 15) is 0 Å². The Labute approximate surface area is 126 Å². The summed E-state index contributed by atoms with van der Waals surface area (Å²) in [7, 11) is 0. The van der Waals surface area contributed by atoms with Crippen molar-refractivity contribution in [3.05, 3.63) is 23.8 Å². The smallest absolute Gasteiger partial charge is 0.193 e. The Morgan fingerprint density at radius 3 is 2.53 bits per heavy atom. The molecule has 0 amide bonds. The molecule has 0 bridgehead atoms. The molecule has 5 N–H and O–H groups in total. The van der Waals surface area contributed by atoms with E-state index in [0.717, 1.165) is 17.0 Å². The average Bonchev–Trinajstić information content (AvgIpc) is 2.31. The highest BCUT2D eigenvalue weighted by Crippen LogP contribution is 2.22. The molecule has 110 valence electrons. The highest BCUT2D eigenvalue weighted by atomic mass is 35.5. The maximum atomic E-state index is 5.68. The highest BCUT2D eigenvalue weighted by Gasteiger charge is 2.03. The molecule has 0 aromatic heterocycles. The minimum absolute atomic E-state index is 0. The number of hydrogen-bond acceptors (Lipinski definition) is 3. The third kappa shape index (κ3) is 6.52. The SMILES string of the molecule is CCN=C(N)Nc1ccc(OCC)c(CN)c1.Cl.Cl. The molecule has 1 aromatic rings. The number of nitrogens with zero attached hydrogens (tertiary/aromatic N) is 1. The van der Waals surface area contributed by atoms with Crippen LogP contribution >= 0.6 is 24.8 Å². The molecule has 0 aliphatic heterocycles. The van der Waals surface area contributed by atoms with Crippen LogP contribution in [0.3, 0.4) is 0 Å². The number of benzene rings is 1. The molecule has 19 heavy (non-hydrogen) atoms. The first-order chi connectivity index (χ1) is 8.21. The van der Waals surface area contributed by atoms with Crippen molar-refractivity contribution in [3.63, 3.8) is 0 Å². The van der Waals surface area contributed by atoms with Crippen LogP contribution in [0.25, 0.3) is 0 Å². The van der Waals surface area contributed by atoms with Crippen LogP contribution in [0.5, 0.6) is 5.75 Å². The summed E-state index contributed by atoms with van der Waals surface area (Å²) in [6.45, 7) is 5.57. The molecule has 1 aromatic carbocycles. The van der Waals surface area contributed by atoms with Gasteiger partial charge in [0.15, 0.2) is 5.96 Å². The van der Waals surface area contributed by atoms with Gasteiger partial charge in [0.1, 0.15) is 5.75 Å². The van der Waals surface area contributed by atoms with Crippen LogP contribution in [0.15, 0.2) is 23.2 Å². The molecular weight excluding hydrogens is 287 g/mol. The van der Waals surface area contributed by atoms with Crippen LogP contribution in [-0.4, -0.2) is 19.1 Å². The Hall–Kier alpha value is -1.17. The summed E-state index contributed by atoms with van der Waals surface area (Å²) < 4.78 is 5.47. The van der Waals surface area contributed by atoms with Crippen molar-refractivity contribution in [3.8, 4) is 5.75 Å². The van der Waals surface area contributed by atoms with Crippen LogP contribution in [0.1, 0.15) is 19.4 Å². The predicted octanol–water partition coefficient (Wildman–Crippen LogP) is 2.13. The lowest BCUT2D eigenvalue weighted by Crippen LogP contribution is -2.22. The van der Waals surface area contributed by atoms with Crippen molar-refractivity contribution in [2.75, 3.05) is 18.5 Å². The fraction of sp³-hybridized carbons (Fsp3) is 0.417. The lowest BCUT2D eigenvalue weighted by atomic mass is 10.2. The largest absolute Gasteiger partial charge is 0.494 e. The molecule has 7 heteroatoms. The van der Waals surface area contributed by atoms with E-state index in [0.29, 0.717) is 25.7 Å². The van der Waals surface area contributed by atoms with Crippen LogP contribution in [0.4, 0.5) is 5.69 Å². The maximum Gasteiger partial charge on any atom is 0.193 e. The lowest BCUT2D eigenvalue weighted by molar-refractivity contribution is 0.336. The normalized spacial score (nSPS) is 10.2. The quantitative estimate of drug-likeness (QED) is 0.574. The predicted molar refractivity (Wildman–Crippen MR) is 85.8 cm³/mol. The summed E-state index contributed by atoms with van der Waals surface area (Å²) in [6, 6.07) is 5.69. The summed E-state index contributed by atoms with van der Waals surface area (Å²) in [5, 5.41) is 3.00. The molecule has 0 spiro atoms. The summed E-state index contributed by atoms with van der Waals surface area (Å²) in [6.07, 6.45) is 0. The second-order valence-corrected chi connectivity index (χ2v) is 3.44. The molecule has 1 rings (SSSR count). The van der Waals surface area contributed by atoms with Gasteiger partial charge < -0.3 is 21.5 Å². The van der Waals surface area contributed by atoms with Crippen LogP contribution < -0.4 is 21.5 Å². The van der Waals surface area contributed by atoms with Gasteiger partial charge in [-0.1, -0.05) is 0 Å². The van der Waals surface area contributed by atoms with Crippen LogP contribution in [-0.2, 0) is 6.54 Å². The van der Waals surface area contributed by atoms with Crippen molar-refractivity contribution in [1.29, 1.82) is 0 Å². The molecule has 0 heterocycles. The number of anilines is 1. The molecular formula is C12H22Cl2N4O. The van der Waals surface area contributed by atoms with Crippen molar-refractivity contribution >= 4 is 36.5 Å². The molecule has 0 unspecified atom stereocenters. The van der Waals surface area contributed by atoms with Gasteiger partial charge in [-0.25, -0.2) is 0 Å². The van der Waals surface area contributed by atoms with Gasteiger partial charge in [0.05, 0.1) is 6.61 Å². The van der Waals surface area contributed by atoms with Gasteiger partial charge in [-0.2, -0.15) is 0 Å². The van der Waals surface area contributed by atoms with Crippen molar-refractivity contribution < 1.29 is 4.74 Å². The first kappa shape index (κ1) is 20.2. The van der Waals surface area contributed by atoms with Gasteiger partial charge in [-0.05, 0) is 32.0 Å². The molecule has 0 aliphatic carbocycles. The molecule has 0 atom stereocenters.